The number of nitrogens with zero attached hydrogens (tertiary/aromatic N) is 2. The molecule has 4 heteroatoms. The van der Waals surface area contributed by atoms with Crippen molar-refractivity contribution in [1.82, 2.24) is 9.55 Å². The standard InChI is InChI=1S/C15H20BrN3/c1-3-15(4-2,10-17)19-11-18-9-14(19)12-5-7-13(16)8-6-12/h5-9,11H,3-4,10,17H2,1-2H3. The van der Waals surface area contributed by atoms with Gasteiger partial charge < -0.3 is 10.3 Å². The third-order valence-electron chi connectivity index (χ3n) is 3.99. The van der Waals surface area contributed by atoms with Gasteiger partial charge in [0.15, 0.2) is 0 Å². The minimum Gasteiger partial charge on any atom is -0.328 e. The van der Waals surface area contributed by atoms with E-state index in [2.05, 4.69) is 63.6 Å². The summed E-state index contributed by atoms with van der Waals surface area (Å²) in [6.07, 6.45) is 5.82. The topological polar surface area (TPSA) is 43.8 Å². The van der Waals surface area contributed by atoms with E-state index in [1.165, 1.54) is 5.56 Å². The Hall–Kier alpha value is -1.13. The van der Waals surface area contributed by atoms with Gasteiger partial charge in [0, 0.05) is 11.0 Å². The van der Waals surface area contributed by atoms with E-state index in [4.69, 9.17) is 5.73 Å². The van der Waals surface area contributed by atoms with E-state index < -0.39 is 0 Å². The van der Waals surface area contributed by atoms with Crippen molar-refractivity contribution in [1.29, 1.82) is 0 Å². The van der Waals surface area contributed by atoms with Crippen LogP contribution in [0.2, 0.25) is 0 Å². The predicted octanol–water partition coefficient (Wildman–Crippen LogP) is 3.79. The summed E-state index contributed by atoms with van der Waals surface area (Å²) >= 11 is 3.47. The van der Waals surface area contributed by atoms with Gasteiger partial charge in [-0.25, -0.2) is 4.98 Å². The molecule has 2 aromatic rings. The normalized spacial score (nSPS) is 11.8. The minimum atomic E-state index is -0.0428. The van der Waals surface area contributed by atoms with E-state index >= 15 is 0 Å². The number of imidazole rings is 1. The molecular weight excluding hydrogens is 302 g/mol. The summed E-state index contributed by atoms with van der Waals surface area (Å²) in [5, 5.41) is 0. The molecule has 0 saturated heterocycles. The molecule has 19 heavy (non-hydrogen) atoms. The van der Waals surface area contributed by atoms with Crippen LogP contribution in [0.1, 0.15) is 26.7 Å². The summed E-state index contributed by atoms with van der Waals surface area (Å²) in [5.74, 6) is 0. The predicted molar refractivity (Wildman–Crippen MR) is 83.0 cm³/mol. The molecule has 0 saturated carbocycles. The van der Waals surface area contributed by atoms with E-state index in [9.17, 15) is 0 Å². The molecule has 0 bridgehead atoms. The Labute approximate surface area is 123 Å². The minimum absolute atomic E-state index is 0.0428. The molecule has 1 aromatic heterocycles. The van der Waals surface area contributed by atoms with E-state index in [0.29, 0.717) is 6.54 Å². The van der Waals surface area contributed by atoms with Crippen LogP contribution in [-0.4, -0.2) is 16.1 Å². The lowest BCUT2D eigenvalue weighted by Crippen LogP contribution is -2.40. The van der Waals surface area contributed by atoms with Crippen molar-refractivity contribution in [3.8, 4) is 11.3 Å². The first kappa shape index (κ1) is 14.3. The summed E-state index contributed by atoms with van der Waals surface area (Å²) in [4.78, 5) is 4.33. The Balaban J connectivity index is 2.50. The molecule has 1 heterocycles. The number of rotatable bonds is 5. The number of hydrogen-bond acceptors (Lipinski definition) is 2. The van der Waals surface area contributed by atoms with E-state index in [0.717, 1.165) is 23.0 Å². The average molecular weight is 322 g/mol. The first-order chi connectivity index (χ1) is 9.16. The second-order valence-corrected chi connectivity index (χ2v) is 5.71. The second kappa shape index (κ2) is 5.88. The molecule has 102 valence electrons. The molecule has 0 unspecified atom stereocenters. The highest BCUT2D eigenvalue weighted by molar-refractivity contribution is 9.10. The molecule has 0 fully saturated rings. The molecule has 2 N–H and O–H groups in total. The Morgan fingerprint density at radius 3 is 2.37 bits per heavy atom. The van der Waals surface area contributed by atoms with Crippen molar-refractivity contribution in [2.45, 2.75) is 32.2 Å². The van der Waals surface area contributed by atoms with Crippen molar-refractivity contribution in [3.63, 3.8) is 0 Å². The fourth-order valence-corrected chi connectivity index (χ4v) is 2.75. The maximum Gasteiger partial charge on any atom is 0.0956 e. The molecule has 0 amide bonds. The molecule has 0 spiro atoms. The van der Waals surface area contributed by atoms with Crippen molar-refractivity contribution in [2.75, 3.05) is 6.54 Å². The Kier molecular flexibility index (Phi) is 4.42. The number of hydrogen-bond donors (Lipinski definition) is 1. The van der Waals surface area contributed by atoms with Crippen LogP contribution < -0.4 is 5.73 Å². The Morgan fingerprint density at radius 2 is 1.84 bits per heavy atom. The second-order valence-electron chi connectivity index (χ2n) is 4.79. The largest absolute Gasteiger partial charge is 0.328 e. The zero-order valence-corrected chi connectivity index (χ0v) is 13.0. The first-order valence-corrected chi connectivity index (χ1v) is 7.45. The van der Waals surface area contributed by atoms with Gasteiger partial charge in [-0.1, -0.05) is 41.9 Å². The van der Waals surface area contributed by atoms with Gasteiger partial charge in [0.25, 0.3) is 0 Å². The molecule has 0 radical (unpaired) electrons. The van der Waals surface area contributed by atoms with Crippen molar-refractivity contribution in [3.05, 3.63) is 41.3 Å². The van der Waals surface area contributed by atoms with Crippen LogP contribution in [0.4, 0.5) is 0 Å². The van der Waals surface area contributed by atoms with Gasteiger partial charge in [0.1, 0.15) is 0 Å². The van der Waals surface area contributed by atoms with Crippen molar-refractivity contribution in [2.24, 2.45) is 5.73 Å². The molecule has 0 aliphatic rings. The molecule has 3 nitrogen and oxygen atoms in total. The van der Waals surface area contributed by atoms with Crippen molar-refractivity contribution < 1.29 is 0 Å². The Morgan fingerprint density at radius 1 is 1.21 bits per heavy atom. The lowest BCUT2D eigenvalue weighted by atomic mass is 9.92. The molecule has 0 atom stereocenters. The van der Waals surface area contributed by atoms with E-state index in [1.807, 2.05) is 12.5 Å². The maximum atomic E-state index is 6.03. The van der Waals surface area contributed by atoms with Gasteiger partial charge in [-0.3, -0.25) is 0 Å². The van der Waals surface area contributed by atoms with E-state index in [-0.39, 0.29) is 5.54 Å². The highest BCUT2D eigenvalue weighted by Gasteiger charge is 2.28. The summed E-state index contributed by atoms with van der Waals surface area (Å²) in [6, 6.07) is 8.30. The third-order valence-corrected chi connectivity index (χ3v) is 4.51. The fourth-order valence-electron chi connectivity index (χ4n) is 2.48. The van der Waals surface area contributed by atoms with Gasteiger partial charge in [0.05, 0.1) is 23.8 Å². The molecule has 2 rings (SSSR count). The van der Waals surface area contributed by atoms with Crippen LogP contribution in [0.3, 0.4) is 0 Å². The average Bonchev–Trinajstić information content (AvgIpc) is 2.92. The fraction of sp³-hybridized carbons (Fsp3) is 0.400. The van der Waals surface area contributed by atoms with Gasteiger partial charge in [0.2, 0.25) is 0 Å². The van der Waals surface area contributed by atoms with Gasteiger partial charge in [-0.05, 0) is 30.5 Å². The molecule has 0 aliphatic carbocycles. The lowest BCUT2D eigenvalue weighted by molar-refractivity contribution is 0.274. The first-order valence-electron chi connectivity index (χ1n) is 6.65. The summed E-state index contributed by atoms with van der Waals surface area (Å²) in [5.41, 5.74) is 8.29. The number of aromatic nitrogens is 2. The van der Waals surface area contributed by atoms with Crippen LogP contribution in [0.15, 0.2) is 41.3 Å². The molecule has 1 aromatic carbocycles. The zero-order valence-electron chi connectivity index (χ0n) is 11.4. The summed E-state index contributed by atoms with van der Waals surface area (Å²) in [6.45, 7) is 4.99. The number of nitrogens with two attached hydrogens (primary N) is 1. The SMILES string of the molecule is CCC(CC)(CN)n1cncc1-c1ccc(Br)cc1. The van der Waals surface area contributed by atoms with Crippen LogP contribution in [0.25, 0.3) is 11.3 Å². The molecular formula is C15H20BrN3. The van der Waals surface area contributed by atoms with Gasteiger partial charge in [-0.2, -0.15) is 0 Å². The van der Waals surface area contributed by atoms with Crippen LogP contribution in [-0.2, 0) is 5.54 Å². The summed E-state index contributed by atoms with van der Waals surface area (Å²) in [7, 11) is 0. The highest BCUT2D eigenvalue weighted by Crippen LogP contribution is 2.31. The van der Waals surface area contributed by atoms with Crippen molar-refractivity contribution >= 4 is 15.9 Å². The zero-order chi connectivity index (χ0) is 13.9. The smallest absolute Gasteiger partial charge is 0.0956 e. The maximum absolute atomic E-state index is 6.03. The van der Waals surface area contributed by atoms with Crippen LogP contribution in [0.5, 0.6) is 0 Å². The number of benzene rings is 1. The Bertz CT molecular complexity index is 518. The third kappa shape index (κ3) is 2.60. The quantitative estimate of drug-likeness (QED) is 0.910. The monoisotopic (exact) mass is 321 g/mol. The molecule has 0 aliphatic heterocycles. The van der Waals surface area contributed by atoms with Gasteiger partial charge >= 0.3 is 0 Å². The van der Waals surface area contributed by atoms with E-state index in [1.54, 1.807) is 0 Å². The lowest BCUT2D eigenvalue weighted by Gasteiger charge is -2.33. The van der Waals surface area contributed by atoms with Gasteiger partial charge in [-0.15, -0.1) is 0 Å². The van der Waals surface area contributed by atoms with Crippen LogP contribution in [0, 0.1) is 0 Å². The summed E-state index contributed by atoms with van der Waals surface area (Å²) < 4.78 is 3.31. The number of halogens is 1. The van der Waals surface area contributed by atoms with Crippen LogP contribution >= 0.6 is 15.9 Å². The highest BCUT2D eigenvalue weighted by atomic mass is 79.9.